The molecule has 1 saturated heterocycles. The topological polar surface area (TPSA) is 95.9 Å². The average molecular weight is 596 g/mol. The van der Waals surface area contributed by atoms with E-state index in [9.17, 15) is 18.0 Å². The Hall–Kier alpha value is -4.35. The number of halogens is 4. The van der Waals surface area contributed by atoms with Crippen LogP contribution in [0.3, 0.4) is 0 Å². The molecule has 2 N–H and O–H groups in total. The first-order valence-corrected chi connectivity index (χ1v) is 13.0. The quantitative estimate of drug-likeness (QED) is 0.253. The van der Waals surface area contributed by atoms with Gasteiger partial charge in [-0.25, -0.2) is 19.9 Å². The van der Waals surface area contributed by atoms with Gasteiger partial charge in [0.2, 0.25) is 5.95 Å². The highest BCUT2D eigenvalue weighted by molar-refractivity contribution is 6.04. The maximum absolute atomic E-state index is 14.0. The van der Waals surface area contributed by atoms with E-state index in [2.05, 4.69) is 35.5 Å². The van der Waals surface area contributed by atoms with Crippen molar-refractivity contribution in [1.29, 1.82) is 0 Å². The molecule has 2 aromatic heterocycles. The zero-order valence-corrected chi connectivity index (χ0v) is 23.8. The number of amides is 1. The summed E-state index contributed by atoms with van der Waals surface area (Å²) in [5.41, 5.74) is 3.36. The molecule has 5 rings (SSSR count). The van der Waals surface area contributed by atoms with Crippen molar-refractivity contribution in [2.45, 2.75) is 25.9 Å². The predicted octanol–water partition coefficient (Wildman–Crippen LogP) is 6.79. The zero-order valence-electron chi connectivity index (χ0n) is 22.9. The van der Waals surface area contributed by atoms with Crippen molar-refractivity contribution in [1.82, 2.24) is 24.8 Å². The van der Waals surface area contributed by atoms with E-state index in [1.165, 1.54) is 18.5 Å². The Labute approximate surface area is 247 Å². The summed E-state index contributed by atoms with van der Waals surface area (Å²) in [6.45, 7) is 3.48. The Bertz CT molecular complexity index is 1590. The van der Waals surface area contributed by atoms with Gasteiger partial charge in [-0.2, -0.15) is 13.2 Å². The molecule has 0 unspecified atom stereocenters. The van der Waals surface area contributed by atoms with E-state index < -0.39 is 17.6 Å². The molecule has 0 atom stereocenters. The standard InChI is InChI=1S/C30H28F3N7O.ClH/c1-19-3-6-24(15-27(19)39-29-36-10-7-26(38-29)23-16-34-18-35-17-23)37-28(41)22-5-4-21(25(14-22)30(31,32)33)13-20-8-11-40(2)12-9-20;/h3-7,10,13-18H,8-9,11-12H2,1-2H3,(H,37,41)(H,36,38,39);1H. The lowest BCUT2D eigenvalue weighted by atomic mass is 9.97. The second kappa shape index (κ2) is 13.1. The van der Waals surface area contributed by atoms with Gasteiger partial charge in [0.25, 0.3) is 5.91 Å². The maximum atomic E-state index is 14.0. The molecule has 0 radical (unpaired) electrons. The summed E-state index contributed by atoms with van der Waals surface area (Å²) >= 11 is 0. The number of aryl methyl sites for hydroxylation is 1. The first-order chi connectivity index (χ1) is 19.7. The molecule has 218 valence electrons. The van der Waals surface area contributed by atoms with Crippen LogP contribution in [0.4, 0.5) is 30.5 Å². The molecule has 0 saturated carbocycles. The monoisotopic (exact) mass is 595 g/mol. The van der Waals surface area contributed by atoms with E-state index in [1.54, 1.807) is 48.9 Å². The molecule has 42 heavy (non-hydrogen) atoms. The summed E-state index contributed by atoms with van der Waals surface area (Å²) in [5, 5.41) is 5.85. The Morgan fingerprint density at radius 1 is 1.02 bits per heavy atom. The summed E-state index contributed by atoms with van der Waals surface area (Å²) in [4.78, 5) is 32.0. The van der Waals surface area contributed by atoms with Crippen LogP contribution < -0.4 is 10.6 Å². The van der Waals surface area contributed by atoms with Crippen LogP contribution in [0.25, 0.3) is 17.3 Å². The number of nitrogens with one attached hydrogen (secondary N) is 2. The second-order valence-electron chi connectivity index (χ2n) is 9.91. The van der Waals surface area contributed by atoms with Gasteiger partial charge in [0.1, 0.15) is 6.33 Å². The summed E-state index contributed by atoms with van der Waals surface area (Å²) in [6.07, 6.45) is 4.76. The maximum Gasteiger partial charge on any atom is 0.417 e. The lowest BCUT2D eigenvalue weighted by Crippen LogP contribution is -2.26. The molecular formula is C30H29ClF3N7O. The first kappa shape index (κ1) is 30.6. The minimum Gasteiger partial charge on any atom is -0.324 e. The van der Waals surface area contributed by atoms with Gasteiger partial charge in [-0.05, 0) is 68.3 Å². The molecule has 1 aliphatic heterocycles. The summed E-state index contributed by atoms with van der Waals surface area (Å²) < 4.78 is 41.9. The molecule has 12 heteroatoms. The van der Waals surface area contributed by atoms with Gasteiger partial charge in [-0.15, -0.1) is 12.4 Å². The number of piperidine rings is 1. The largest absolute Gasteiger partial charge is 0.417 e. The third kappa shape index (κ3) is 7.48. The predicted molar refractivity (Wildman–Crippen MR) is 159 cm³/mol. The molecule has 2 aromatic carbocycles. The van der Waals surface area contributed by atoms with Crippen LogP contribution in [-0.4, -0.2) is 50.9 Å². The third-order valence-corrected chi connectivity index (χ3v) is 6.86. The Morgan fingerprint density at radius 2 is 1.76 bits per heavy atom. The van der Waals surface area contributed by atoms with Crippen LogP contribution in [0, 0.1) is 6.92 Å². The minimum absolute atomic E-state index is 0. The second-order valence-corrected chi connectivity index (χ2v) is 9.91. The van der Waals surface area contributed by atoms with E-state index in [0.29, 0.717) is 23.0 Å². The average Bonchev–Trinajstić information content (AvgIpc) is 2.96. The summed E-state index contributed by atoms with van der Waals surface area (Å²) in [6, 6.07) is 10.6. The van der Waals surface area contributed by atoms with Gasteiger partial charge in [0.15, 0.2) is 0 Å². The summed E-state index contributed by atoms with van der Waals surface area (Å²) in [7, 11) is 1.99. The highest BCUT2D eigenvalue weighted by Crippen LogP contribution is 2.35. The number of carbonyl (C=O) groups is 1. The van der Waals surface area contributed by atoms with Gasteiger partial charge in [0, 0.05) is 54.2 Å². The molecular weight excluding hydrogens is 567 g/mol. The number of likely N-dealkylation sites (tertiary alicyclic amines) is 1. The molecule has 1 fully saturated rings. The number of hydrogen-bond acceptors (Lipinski definition) is 7. The Morgan fingerprint density at radius 3 is 2.48 bits per heavy atom. The fourth-order valence-corrected chi connectivity index (χ4v) is 4.51. The number of benzene rings is 2. The van der Waals surface area contributed by atoms with Crippen LogP contribution in [0.2, 0.25) is 0 Å². The number of anilines is 3. The number of aromatic nitrogens is 4. The number of carbonyl (C=O) groups excluding carboxylic acids is 1. The molecule has 0 aliphatic carbocycles. The van der Waals surface area contributed by atoms with E-state index in [-0.39, 0.29) is 23.5 Å². The van der Waals surface area contributed by atoms with Crippen LogP contribution in [-0.2, 0) is 6.18 Å². The van der Waals surface area contributed by atoms with Gasteiger partial charge in [0.05, 0.1) is 11.3 Å². The normalized spacial score (nSPS) is 13.7. The van der Waals surface area contributed by atoms with E-state index >= 15 is 0 Å². The number of nitrogens with zero attached hydrogens (tertiary/aromatic N) is 5. The van der Waals surface area contributed by atoms with Crippen molar-refractivity contribution in [2.24, 2.45) is 0 Å². The van der Waals surface area contributed by atoms with Crippen LogP contribution in [0.1, 0.15) is 39.9 Å². The van der Waals surface area contributed by atoms with Crippen LogP contribution >= 0.6 is 12.4 Å². The molecule has 3 heterocycles. The van der Waals surface area contributed by atoms with Crippen molar-refractivity contribution >= 4 is 41.7 Å². The van der Waals surface area contributed by atoms with Crippen molar-refractivity contribution in [3.63, 3.8) is 0 Å². The smallest absolute Gasteiger partial charge is 0.324 e. The van der Waals surface area contributed by atoms with Gasteiger partial charge in [-0.1, -0.05) is 23.8 Å². The SMILES string of the molecule is Cc1ccc(NC(=O)c2ccc(C=C3CCN(C)CC3)c(C(F)(F)F)c2)cc1Nc1nccc(-c2cncnc2)n1.Cl. The fraction of sp³-hybridized carbons (Fsp3) is 0.233. The molecule has 8 nitrogen and oxygen atoms in total. The van der Waals surface area contributed by atoms with Crippen molar-refractivity contribution < 1.29 is 18.0 Å². The van der Waals surface area contributed by atoms with E-state index in [4.69, 9.17) is 0 Å². The van der Waals surface area contributed by atoms with E-state index in [0.717, 1.165) is 48.7 Å². The first-order valence-electron chi connectivity index (χ1n) is 13.0. The molecule has 4 aromatic rings. The minimum atomic E-state index is -4.60. The number of rotatable bonds is 6. The van der Waals surface area contributed by atoms with Crippen LogP contribution in [0.5, 0.6) is 0 Å². The fourth-order valence-electron chi connectivity index (χ4n) is 4.51. The van der Waals surface area contributed by atoms with E-state index in [1.807, 2.05) is 14.0 Å². The van der Waals surface area contributed by atoms with Gasteiger partial charge in [-0.3, -0.25) is 4.79 Å². The lowest BCUT2D eigenvalue weighted by molar-refractivity contribution is -0.137. The van der Waals surface area contributed by atoms with Crippen molar-refractivity contribution in [3.05, 3.63) is 95.2 Å². The van der Waals surface area contributed by atoms with Crippen molar-refractivity contribution in [3.8, 4) is 11.3 Å². The number of alkyl halides is 3. The molecule has 0 bridgehead atoms. The highest BCUT2D eigenvalue weighted by atomic mass is 35.5. The summed E-state index contributed by atoms with van der Waals surface area (Å²) in [5.74, 6) is -0.326. The lowest BCUT2D eigenvalue weighted by Gasteiger charge is -2.24. The molecule has 0 spiro atoms. The molecule has 1 aliphatic rings. The third-order valence-electron chi connectivity index (χ3n) is 6.86. The highest BCUT2D eigenvalue weighted by Gasteiger charge is 2.34. The van der Waals surface area contributed by atoms with Gasteiger partial charge >= 0.3 is 6.18 Å². The Kier molecular flexibility index (Phi) is 9.54. The van der Waals surface area contributed by atoms with Crippen molar-refractivity contribution in [2.75, 3.05) is 30.8 Å². The van der Waals surface area contributed by atoms with Gasteiger partial charge < -0.3 is 15.5 Å². The number of hydrogen-bond donors (Lipinski definition) is 2. The molecule has 1 amide bonds. The zero-order chi connectivity index (χ0) is 29.0. The van der Waals surface area contributed by atoms with Crippen LogP contribution in [0.15, 0.2) is 73.0 Å². The Balaban J connectivity index is 0.00000405.